The summed E-state index contributed by atoms with van der Waals surface area (Å²) < 4.78 is 13.8. The lowest BCUT2D eigenvalue weighted by atomic mass is 10.1. The molecule has 2 nitrogen and oxygen atoms in total. The van der Waals surface area contributed by atoms with Crippen LogP contribution in [0.5, 0.6) is 0 Å². The van der Waals surface area contributed by atoms with Crippen molar-refractivity contribution in [2.24, 2.45) is 0 Å². The third-order valence-corrected chi connectivity index (χ3v) is 3.23. The molecule has 0 saturated heterocycles. The Morgan fingerprint density at radius 2 is 2.00 bits per heavy atom. The van der Waals surface area contributed by atoms with Gasteiger partial charge in [0.15, 0.2) is 0 Å². The molecule has 2 aromatic rings. The van der Waals surface area contributed by atoms with E-state index < -0.39 is 0 Å². The number of nitrogens with zero attached hydrogens (tertiary/aromatic N) is 1. The Morgan fingerprint density at radius 1 is 1.21 bits per heavy atom. The fraction of sp³-hybridized carbons (Fsp3) is 0.200. The van der Waals surface area contributed by atoms with E-state index in [-0.39, 0.29) is 5.82 Å². The summed E-state index contributed by atoms with van der Waals surface area (Å²) in [6, 6.07) is 12.3. The molecule has 0 amide bonds. The number of hydrogen-bond donors (Lipinski definition) is 1. The van der Waals surface area contributed by atoms with Crippen molar-refractivity contribution in [2.45, 2.75) is 13.5 Å². The minimum absolute atomic E-state index is 0.283. The maximum absolute atomic E-state index is 13.8. The quantitative estimate of drug-likeness (QED) is 0.854. The van der Waals surface area contributed by atoms with Crippen LogP contribution in [0.4, 0.5) is 15.8 Å². The first-order chi connectivity index (χ1) is 9.10. The first kappa shape index (κ1) is 13.7. The fourth-order valence-corrected chi connectivity index (χ4v) is 2.12. The molecule has 2 rings (SSSR count). The molecule has 0 atom stereocenters. The van der Waals surface area contributed by atoms with Gasteiger partial charge in [-0.15, -0.1) is 0 Å². The van der Waals surface area contributed by atoms with Crippen LogP contribution in [-0.4, -0.2) is 6.54 Å². The smallest absolute Gasteiger partial charge is 0.129 e. The first-order valence-corrected chi connectivity index (χ1v) is 6.52. The molecule has 0 unspecified atom stereocenters. The molecule has 0 fully saturated rings. The highest BCUT2D eigenvalue weighted by atomic mass is 35.5. The number of rotatable bonds is 4. The van der Waals surface area contributed by atoms with Crippen LogP contribution in [-0.2, 0) is 6.54 Å². The molecule has 0 saturated carbocycles. The molecule has 0 aliphatic carbocycles. The molecule has 0 heterocycles. The van der Waals surface area contributed by atoms with Gasteiger partial charge < -0.3 is 10.6 Å². The van der Waals surface area contributed by atoms with Gasteiger partial charge in [-0.1, -0.05) is 23.7 Å². The van der Waals surface area contributed by atoms with Crippen LogP contribution in [0.25, 0.3) is 0 Å². The molecule has 0 aromatic heterocycles. The molecular formula is C15H16ClFN2. The summed E-state index contributed by atoms with van der Waals surface area (Å²) in [4.78, 5) is 2.06. The summed E-state index contributed by atoms with van der Waals surface area (Å²) in [5, 5.41) is 0.410. The molecule has 0 spiro atoms. The van der Waals surface area contributed by atoms with Gasteiger partial charge in [0, 0.05) is 35.1 Å². The molecule has 2 N–H and O–H groups in total. The van der Waals surface area contributed by atoms with Crippen LogP contribution in [0.3, 0.4) is 0 Å². The minimum atomic E-state index is -0.283. The van der Waals surface area contributed by atoms with Gasteiger partial charge >= 0.3 is 0 Å². The van der Waals surface area contributed by atoms with Crippen LogP contribution in [0.2, 0.25) is 5.02 Å². The van der Waals surface area contributed by atoms with E-state index in [1.807, 2.05) is 31.2 Å². The maximum atomic E-state index is 13.8. The minimum Gasteiger partial charge on any atom is -0.399 e. The van der Waals surface area contributed by atoms with Crippen molar-refractivity contribution in [3.05, 3.63) is 58.9 Å². The van der Waals surface area contributed by atoms with Gasteiger partial charge in [0.2, 0.25) is 0 Å². The summed E-state index contributed by atoms with van der Waals surface area (Å²) in [6.45, 7) is 3.28. The van der Waals surface area contributed by atoms with E-state index in [0.29, 0.717) is 22.8 Å². The average molecular weight is 279 g/mol. The van der Waals surface area contributed by atoms with E-state index in [0.717, 1.165) is 12.2 Å². The summed E-state index contributed by atoms with van der Waals surface area (Å²) >= 11 is 5.76. The number of nitrogen functional groups attached to an aromatic ring is 1. The fourth-order valence-electron chi connectivity index (χ4n) is 1.96. The Hall–Kier alpha value is -1.74. The topological polar surface area (TPSA) is 29.3 Å². The van der Waals surface area contributed by atoms with Gasteiger partial charge in [0.05, 0.1) is 0 Å². The highest BCUT2D eigenvalue weighted by Gasteiger charge is 2.09. The van der Waals surface area contributed by atoms with E-state index >= 15 is 0 Å². The van der Waals surface area contributed by atoms with Crippen LogP contribution >= 0.6 is 11.6 Å². The predicted octanol–water partition coefficient (Wildman–Crippen LogP) is 4.09. The number of nitrogens with two attached hydrogens (primary N) is 1. The van der Waals surface area contributed by atoms with Crippen molar-refractivity contribution in [3.8, 4) is 0 Å². The molecule has 0 bridgehead atoms. The normalized spacial score (nSPS) is 10.5. The van der Waals surface area contributed by atoms with Crippen molar-refractivity contribution in [2.75, 3.05) is 17.2 Å². The monoisotopic (exact) mass is 278 g/mol. The molecular weight excluding hydrogens is 263 g/mol. The lowest BCUT2D eigenvalue weighted by molar-refractivity contribution is 0.605. The van der Waals surface area contributed by atoms with Crippen LogP contribution in [0, 0.1) is 5.82 Å². The molecule has 2 aromatic carbocycles. The molecule has 4 heteroatoms. The molecule has 0 radical (unpaired) electrons. The summed E-state index contributed by atoms with van der Waals surface area (Å²) in [7, 11) is 0. The van der Waals surface area contributed by atoms with Gasteiger partial charge in [-0.3, -0.25) is 0 Å². The zero-order valence-electron chi connectivity index (χ0n) is 10.7. The Kier molecular flexibility index (Phi) is 4.27. The van der Waals surface area contributed by atoms with Gasteiger partial charge in [0.1, 0.15) is 5.82 Å². The standard InChI is InChI=1S/C15H16ClFN2/c1-2-19(14-5-3-4-13(18)9-14)10-11-6-7-12(16)8-15(11)17/h3-9H,2,10,18H2,1H3. The molecule has 0 aliphatic rings. The second kappa shape index (κ2) is 5.93. The second-order valence-corrected chi connectivity index (χ2v) is 4.78. The van der Waals surface area contributed by atoms with Crippen molar-refractivity contribution >= 4 is 23.0 Å². The lowest BCUT2D eigenvalue weighted by Crippen LogP contribution is -2.22. The van der Waals surface area contributed by atoms with Gasteiger partial charge in [0.25, 0.3) is 0 Å². The zero-order chi connectivity index (χ0) is 13.8. The Balaban J connectivity index is 2.24. The lowest BCUT2D eigenvalue weighted by Gasteiger charge is -2.23. The SMILES string of the molecule is CCN(Cc1ccc(Cl)cc1F)c1cccc(N)c1. The third kappa shape index (κ3) is 3.38. The predicted molar refractivity (Wildman–Crippen MR) is 79.0 cm³/mol. The number of benzene rings is 2. The first-order valence-electron chi connectivity index (χ1n) is 6.14. The van der Waals surface area contributed by atoms with E-state index in [2.05, 4.69) is 4.90 Å². The van der Waals surface area contributed by atoms with Gasteiger partial charge in [-0.25, -0.2) is 4.39 Å². The van der Waals surface area contributed by atoms with Gasteiger partial charge in [-0.05, 0) is 37.3 Å². The summed E-state index contributed by atoms with van der Waals surface area (Å²) in [5.74, 6) is -0.283. The molecule has 0 aliphatic heterocycles. The largest absolute Gasteiger partial charge is 0.399 e. The van der Waals surface area contributed by atoms with Crippen LogP contribution < -0.4 is 10.6 Å². The highest BCUT2D eigenvalue weighted by Crippen LogP contribution is 2.22. The number of halogens is 2. The third-order valence-electron chi connectivity index (χ3n) is 2.99. The second-order valence-electron chi connectivity index (χ2n) is 4.34. The van der Waals surface area contributed by atoms with Crippen LogP contribution in [0.1, 0.15) is 12.5 Å². The van der Waals surface area contributed by atoms with Gasteiger partial charge in [-0.2, -0.15) is 0 Å². The zero-order valence-corrected chi connectivity index (χ0v) is 11.5. The van der Waals surface area contributed by atoms with Crippen molar-refractivity contribution in [1.82, 2.24) is 0 Å². The number of anilines is 2. The van der Waals surface area contributed by atoms with Crippen LogP contribution in [0.15, 0.2) is 42.5 Å². The van der Waals surface area contributed by atoms with Crippen molar-refractivity contribution in [1.29, 1.82) is 0 Å². The van der Waals surface area contributed by atoms with Crippen molar-refractivity contribution < 1.29 is 4.39 Å². The van der Waals surface area contributed by atoms with E-state index in [1.54, 1.807) is 12.1 Å². The highest BCUT2D eigenvalue weighted by molar-refractivity contribution is 6.30. The Bertz CT molecular complexity index is 572. The maximum Gasteiger partial charge on any atom is 0.129 e. The Labute approximate surface area is 117 Å². The summed E-state index contributed by atoms with van der Waals surface area (Å²) in [5.41, 5.74) is 8.08. The molecule has 19 heavy (non-hydrogen) atoms. The van der Waals surface area contributed by atoms with Crippen molar-refractivity contribution in [3.63, 3.8) is 0 Å². The van der Waals surface area contributed by atoms with E-state index in [9.17, 15) is 4.39 Å². The van der Waals surface area contributed by atoms with E-state index in [1.165, 1.54) is 6.07 Å². The van der Waals surface area contributed by atoms with E-state index in [4.69, 9.17) is 17.3 Å². The average Bonchev–Trinajstić information content (AvgIpc) is 2.38. The number of hydrogen-bond acceptors (Lipinski definition) is 2. The summed E-state index contributed by atoms with van der Waals surface area (Å²) in [6.07, 6.45) is 0. The molecule has 100 valence electrons. The Morgan fingerprint density at radius 3 is 2.63 bits per heavy atom.